The van der Waals surface area contributed by atoms with Gasteiger partial charge in [-0.15, -0.1) is 20.4 Å². The van der Waals surface area contributed by atoms with Gasteiger partial charge >= 0.3 is 17.1 Å². The van der Waals surface area contributed by atoms with Crippen molar-refractivity contribution < 1.29 is 44.9 Å². The number of benzene rings is 2. The summed E-state index contributed by atoms with van der Waals surface area (Å²) in [6.07, 6.45) is 0. The van der Waals surface area contributed by atoms with E-state index in [4.69, 9.17) is 0 Å². The van der Waals surface area contributed by atoms with Gasteiger partial charge in [0.05, 0.1) is 23.9 Å². The monoisotopic (exact) mass is 626 g/mol. The minimum absolute atomic E-state index is 0. The van der Waals surface area contributed by atoms with Crippen LogP contribution in [0.15, 0.2) is 68.3 Å². The number of sulfonamides is 2. The normalized spacial score (nSPS) is 17.2. The first-order valence-electron chi connectivity index (χ1n) is 9.93. The van der Waals surface area contributed by atoms with Gasteiger partial charge in [-0.25, -0.2) is 16.8 Å². The van der Waals surface area contributed by atoms with Gasteiger partial charge < -0.3 is 30.4 Å². The average molecular weight is 627 g/mol. The smallest absolute Gasteiger partial charge is 0.457 e. The molecule has 21 heteroatoms. The fourth-order valence-corrected chi connectivity index (χ4v) is 5.47. The summed E-state index contributed by atoms with van der Waals surface area (Å²) in [6, 6.07) is 13.0. The second-order valence-electron chi connectivity index (χ2n) is 7.15. The van der Waals surface area contributed by atoms with Crippen LogP contribution in [0.25, 0.3) is 9.44 Å². The maximum absolute atomic E-state index is 11.7. The second-order valence-corrected chi connectivity index (χ2v) is 10.3. The van der Waals surface area contributed by atoms with Gasteiger partial charge in [0.25, 0.3) is 0 Å². The van der Waals surface area contributed by atoms with E-state index in [0.717, 1.165) is 0 Å². The Hall–Kier alpha value is -4.14. The number of hydrogen-bond acceptors (Lipinski definition) is 12. The third-order valence-electron chi connectivity index (χ3n) is 4.63. The summed E-state index contributed by atoms with van der Waals surface area (Å²) in [5.74, 6) is 0.309. The van der Waals surface area contributed by atoms with Crippen LogP contribution in [0.4, 0.5) is 11.9 Å². The number of aryl methyl sites for hydroxylation is 2. The van der Waals surface area contributed by atoms with Crippen LogP contribution >= 0.6 is 0 Å². The largest absolute Gasteiger partial charge is 2.00 e. The standard InChI is InChI=1S/2C9H7N6O2S.Cu.2H2O/c2*1-15-12-9(11-14-15)10-8-6-4-2-3-5-7(6)18(16,17)13-8;;;/h2*2-5H,1H3;;2*1H2/q2*-1;+2;;/p+1. The summed E-state index contributed by atoms with van der Waals surface area (Å²) < 4.78 is 54.2. The topological polar surface area (TPSA) is 273 Å². The predicted octanol–water partition coefficient (Wildman–Crippen LogP) is -1.02. The average Bonchev–Trinajstić information content (AvgIpc) is 3.56. The molecule has 0 unspecified atom stereocenters. The molecule has 18 nitrogen and oxygen atoms in total. The number of aromatic nitrogens is 8. The number of rotatable bonds is 2. The van der Waals surface area contributed by atoms with Crippen LogP contribution in [-0.4, -0.2) is 74.4 Å². The van der Waals surface area contributed by atoms with Crippen LogP contribution in [0, 0.1) is 0 Å². The molecule has 2 aromatic heterocycles. The Bertz CT molecular complexity index is 1640. The van der Waals surface area contributed by atoms with Crippen LogP contribution in [0.1, 0.15) is 11.1 Å². The molecule has 5 N–H and O–H groups in total. The van der Waals surface area contributed by atoms with Crippen molar-refractivity contribution in [2.45, 2.75) is 9.79 Å². The molecule has 0 fully saturated rings. The van der Waals surface area contributed by atoms with E-state index in [-0.39, 0.29) is 61.4 Å². The molecule has 2 aliphatic heterocycles. The molecule has 4 heterocycles. The molecule has 0 saturated heterocycles. The van der Waals surface area contributed by atoms with Crippen LogP contribution in [-0.2, 0) is 56.7 Å². The minimum Gasteiger partial charge on any atom is -0.457 e. The molecule has 0 amide bonds. The Morgan fingerprint density at radius 1 is 0.692 bits per heavy atom. The summed E-state index contributed by atoms with van der Waals surface area (Å²) in [6.45, 7) is 0. The number of nitrogens with zero attached hydrogens (tertiary/aromatic N) is 12. The number of fused-ring (bicyclic) bond motifs is 2. The minimum atomic E-state index is -3.66. The fourth-order valence-electron chi connectivity index (χ4n) is 3.17. The molecule has 0 saturated carbocycles. The first-order chi connectivity index (χ1) is 17.1. The van der Waals surface area contributed by atoms with Crippen molar-refractivity contribution in [3.63, 3.8) is 0 Å². The van der Waals surface area contributed by atoms with E-state index in [0.29, 0.717) is 11.1 Å². The van der Waals surface area contributed by atoms with Gasteiger partial charge in [0.1, 0.15) is 0 Å². The van der Waals surface area contributed by atoms with Crippen molar-refractivity contribution in [2.75, 3.05) is 0 Å². The molecule has 0 spiro atoms. The van der Waals surface area contributed by atoms with Gasteiger partial charge in [-0.1, -0.05) is 36.4 Å². The van der Waals surface area contributed by atoms with Crippen LogP contribution in [0.5, 0.6) is 0 Å². The van der Waals surface area contributed by atoms with E-state index < -0.39 is 20.0 Å². The van der Waals surface area contributed by atoms with E-state index in [1.54, 1.807) is 50.5 Å². The Balaban J connectivity index is 0.000000254. The zero-order chi connectivity index (χ0) is 25.5. The predicted molar refractivity (Wildman–Crippen MR) is 132 cm³/mol. The molecular formula is C18H19CuN12O6S2+. The third-order valence-corrected chi connectivity index (χ3v) is 7.28. The molecular weight excluding hydrogens is 608 g/mol. The third kappa shape index (κ3) is 6.30. The van der Waals surface area contributed by atoms with E-state index >= 15 is 0 Å². The Morgan fingerprint density at radius 2 is 1.05 bits per heavy atom. The SMILES string of the molecule is Cn1nnc(/N=C2\[N-]S(=O)(=O)c3ccccc32)n1.Cn1nnc(/N=C2\[N-]S(=O)(=O)c3ccccc32)n1.O.[Cu+2].[OH3+]. The van der Waals surface area contributed by atoms with Crippen molar-refractivity contribution in [3.05, 3.63) is 69.1 Å². The molecule has 39 heavy (non-hydrogen) atoms. The molecule has 2 aromatic carbocycles. The van der Waals surface area contributed by atoms with E-state index in [1.165, 1.54) is 21.7 Å². The molecule has 1 radical (unpaired) electrons. The molecule has 2 aliphatic rings. The Kier molecular flexibility index (Phi) is 9.34. The molecule has 0 aliphatic carbocycles. The van der Waals surface area contributed by atoms with Crippen molar-refractivity contribution in [1.29, 1.82) is 0 Å². The van der Waals surface area contributed by atoms with Gasteiger partial charge in [-0.2, -0.15) is 9.59 Å². The zero-order valence-electron chi connectivity index (χ0n) is 19.8. The quantitative estimate of drug-likeness (QED) is 0.193. The summed E-state index contributed by atoms with van der Waals surface area (Å²) in [5, 5.41) is 22.2. The molecule has 4 aromatic rings. The summed E-state index contributed by atoms with van der Waals surface area (Å²) in [7, 11) is -4.13. The number of amidine groups is 2. The van der Waals surface area contributed by atoms with E-state index in [1.807, 2.05) is 0 Å². The number of hydrogen-bond donors (Lipinski definition) is 0. The van der Waals surface area contributed by atoms with Gasteiger partial charge in [-0.3, -0.25) is 0 Å². The Morgan fingerprint density at radius 3 is 1.38 bits per heavy atom. The molecule has 0 atom stereocenters. The van der Waals surface area contributed by atoms with Crippen LogP contribution in [0.2, 0.25) is 0 Å². The van der Waals surface area contributed by atoms with Crippen LogP contribution < -0.4 is 0 Å². The first kappa shape index (κ1) is 31.1. The Labute approximate surface area is 231 Å². The second kappa shape index (κ2) is 11.7. The fraction of sp³-hybridized carbons (Fsp3) is 0.111. The van der Waals surface area contributed by atoms with Crippen LogP contribution in [0.3, 0.4) is 0 Å². The van der Waals surface area contributed by atoms with Crippen molar-refractivity contribution in [1.82, 2.24) is 40.4 Å². The van der Waals surface area contributed by atoms with Gasteiger partial charge in [0.2, 0.25) is 20.0 Å². The van der Waals surface area contributed by atoms with Crippen molar-refractivity contribution >= 4 is 43.6 Å². The summed E-state index contributed by atoms with van der Waals surface area (Å²) >= 11 is 0. The summed E-state index contributed by atoms with van der Waals surface area (Å²) in [5.41, 5.74) is 0.898. The van der Waals surface area contributed by atoms with Crippen molar-refractivity contribution in [2.24, 2.45) is 24.1 Å². The maximum atomic E-state index is 11.7. The van der Waals surface area contributed by atoms with Crippen molar-refractivity contribution in [3.8, 4) is 0 Å². The maximum Gasteiger partial charge on any atom is 2.00 e. The van der Waals surface area contributed by atoms with Gasteiger partial charge in [0, 0.05) is 0 Å². The van der Waals surface area contributed by atoms with Gasteiger partial charge in [-0.05, 0) is 45.4 Å². The zero-order valence-corrected chi connectivity index (χ0v) is 22.4. The molecule has 6 rings (SSSR count). The van der Waals surface area contributed by atoms with Gasteiger partial charge in [0.15, 0.2) is 11.9 Å². The number of tetrazole rings is 2. The number of aliphatic imine (C=N–C) groups is 2. The molecule has 209 valence electrons. The first-order valence-corrected chi connectivity index (χ1v) is 12.8. The van der Waals surface area contributed by atoms with E-state index in [9.17, 15) is 16.8 Å². The van der Waals surface area contributed by atoms with E-state index in [2.05, 4.69) is 50.3 Å². The molecule has 0 bridgehead atoms. The summed E-state index contributed by atoms with van der Waals surface area (Å²) in [4.78, 5) is 10.7.